The van der Waals surface area contributed by atoms with Crippen LogP contribution in [0.4, 0.5) is 0 Å². The number of halogens is 1. The summed E-state index contributed by atoms with van der Waals surface area (Å²) in [5, 5.41) is 4.29. The molecule has 1 unspecified atom stereocenters. The van der Waals surface area contributed by atoms with Gasteiger partial charge in [-0.25, -0.2) is 0 Å². The second-order valence-corrected chi connectivity index (χ2v) is 7.50. The highest BCUT2D eigenvalue weighted by Gasteiger charge is 2.45. The van der Waals surface area contributed by atoms with Crippen molar-refractivity contribution >= 4 is 15.9 Å². The summed E-state index contributed by atoms with van der Waals surface area (Å²) >= 11 is 3.56. The van der Waals surface area contributed by atoms with Crippen LogP contribution in [0.2, 0.25) is 0 Å². The number of nitrogens with two attached hydrogens (primary N) is 1. The molecular formula is C15H26BrN3O. The molecule has 0 aliphatic heterocycles. The highest BCUT2D eigenvalue weighted by Crippen LogP contribution is 2.47. The van der Waals surface area contributed by atoms with Crippen LogP contribution in [0.25, 0.3) is 0 Å². The van der Waals surface area contributed by atoms with Gasteiger partial charge in [-0.1, -0.05) is 13.8 Å². The normalized spacial score (nSPS) is 22.7. The molecular weight excluding hydrogens is 318 g/mol. The lowest BCUT2D eigenvalue weighted by molar-refractivity contribution is -0.101. The number of aryl methyl sites for hydroxylation is 1. The van der Waals surface area contributed by atoms with Crippen molar-refractivity contribution in [3.05, 3.63) is 16.4 Å². The molecule has 114 valence electrons. The summed E-state index contributed by atoms with van der Waals surface area (Å²) in [4.78, 5) is 0. The molecule has 1 saturated carbocycles. The maximum absolute atomic E-state index is 6.61. The molecule has 0 amide bonds. The van der Waals surface area contributed by atoms with Crippen LogP contribution < -0.4 is 5.73 Å². The monoisotopic (exact) mass is 343 g/mol. The Hall–Kier alpha value is -0.390. The molecule has 0 bridgehead atoms. The van der Waals surface area contributed by atoms with Crippen LogP contribution in [0.3, 0.4) is 0 Å². The average molecular weight is 344 g/mol. The van der Waals surface area contributed by atoms with Crippen molar-refractivity contribution in [2.45, 2.75) is 58.1 Å². The van der Waals surface area contributed by atoms with Gasteiger partial charge in [-0.3, -0.25) is 4.68 Å². The Morgan fingerprint density at radius 1 is 1.40 bits per heavy atom. The van der Waals surface area contributed by atoms with Crippen LogP contribution in [-0.4, -0.2) is 22.0 Å². The quantitative estimate of drug-likeness (QED) is 0.909. The van der Waals surface area contributed by atoms with Crippen LogP contribution in [0, 0.1) is 5.41 Å². The Kier molecular flexibility index (Phi) is 4.62. The van der Waals surface area contributed by atoms with E-state index >= 15 is 0 Å². The number of rotatable bonds is 4. The Morgan fingerprint density at radius 3 is 2.45 bits per heavy atom. The first-order chi connectivity index (χ1) is 9.31. The zero-order valence-corrected chi connectivity index (χ0v) is 14.5. The van der Waals surface area contributed by atoms with Gasteiger partial charge in [-0.2, -0.15) is 5.10 Å². The molecule has 1 aliphatic carbocycles. The summed E-state index contributed by atoms with van der Waals surface area (Å²) in [6, 6.07) is -0.152. The number of hydrogen-bond donors (Lipinski definition) is 1. The van der Waals surface area contributed by atoms with Crippen molar-refractivity contribution in [1.82, 2.24) is 9.78 Å². The van der Waals surface area contributed by atoms with E-state index in [9.17, 15) is 0 Å². The molecule has 2 rings (SSSR count). The van der Waals surface area contributed by atoms with E-state index in [2.05, 4.69) is 34.9 Å². The smallest absolute Gasteiger partial charge is 0.0890 e. The van der Waals surface area contributed by atoms with Gasteiger partial charge >= 0.3 is 0 Å². The van der Waals surface area contributed by atoms with Crippen LogP contribution >= 0.6 is 15.9 Å². The molecule has 1 heterocycles. The summed E-state index contributed by atoms with van der Waals surface area (Å²) < 4.78 is 9.00. The van der Waals surface area contributed by atoms with Gasteiger partial charge < -0.3 is 10.5 Å². The lowest BCUT2D eigenvalue weighted by Crippen LogP contribution is -2.48. The van der Waals surface area contributed by atoms with Crippen molar-refractivity contribution in [1.29, 1.82) is 0 Å². The number of aromatic nitrogens is 2. The van der Waals surface area contributed by atoms with E-state index in [4.69, 9.17) is 10.5 Å². The first-order valence-electron chi connectivity index (χ1n) is 7.38. The molecule has 1 aromatic rings. The Balaban J connectivity index is 2.29. The van der Waals surface area contributed by atoms with Gasteiger partial charge in [-0.15, -0.1) is 0 Å². The van der Waals surface area contributed by atoms with E-state index in [-0.39, 0.29) is 11.6 Å². The fraction of sp³-hybridized carbons (Fsp3) is 0.800. The van der Waals surface area contributed by atoms with E-state index in [1.807, 2.05) is 24.9 Å². The van der Waals surface area contributed by atoms with E-state index in [1.165, 1.54) is 0 Å². The molecule has 0 spiro atoms. The third kappa shape index (κ3) is 2.95. The second kappa shape index (κ2) is 5.78. The summed E-state index contributed by atoms with van der Waals surface area (Å²) in [7, 11) is 1.94. The fourth-order valence-electron chi connectivity index (χ4n) is 3.20. The third-order valence-corrected chi connectivity index (χ3v) is 5.29. The molecule has 0 saturated heterocycles. The molecule has 1 atom stereocenters. The molecule has 1 aromatic heterocycles. The van der Waals surface area contributed by atoms with E-state index in [0.29, 0.717) is 12.0 Å². The molecule has 1 fully saturated rings. The molecule has 2 N–H and O–H groups in total. The first kappa shape index (κ1) is 16.0. The molecule has 5 heteroatoms. The van der Waals surface area contributed by atoms with Crippen LogP contribution in [0.5, 0.6) is 0 Å². The van der Waals surface area contributed by atoms with Crippen LogP contribution in [0.15, 0.2) is 10.7 Å². The largest absolute Gasteiger partial charge is 0.373 e. The van der Waals surface area contributed by atoms with Gasteiger partial charge in [0.05, 0.1) is 28.0 Å². The minimum Gasteiger partial charge on any atom is -0.373 e. The Labute approximate surface area is 130 Å². The van der Waals surface area contributed by atoms with E-state index in [1.54, 1.807) is 0 Å². The van der Waals surface area contributed by atoms with Crippen molar-refractivity contribution in [3.8, 4) is 0 Å². The predicted octanol–water partition coefficient (Wildman–Crippen LogP) is 3.56. The molecule has 20 heavy (non-hydrogen) atoms. The fourth-order valence-corrected chi connectivity index (χ4v) is 3.80. The molecule has 4 nitrogen and oxygen atoms in total. The first-order valence-corrected chi connectivity index (χ1v) is 8.17. The average Bonchev–Trinajstić information content (AvgIpc) is 2.71. The van der Waals surface area contributed by atoms with E-state index < -0.39 is 0 Å². The molecule has 0 aromatic carbocycles. The Bertz CT molecular complexity index is 440. The van der Waals surface area contributed by atoms with Crippen LogP contribution in [-0.2, 0) is 11.8 Å². The third-order valence-electron chi connectivity index (χ3n) is 4.68. The SMILES string of the molecule is CCOC1(C(N)c2c(Br)cnn2C)CCC(C)(C)CC1. The second-order valence-electron chi connectivity index (χ2n) is 6.64. The van der Waals surface area contributed by atoms with Crippen molar-refractivity contribution < 1.29 is 4.74 Å². The Morgan fingerprint density at radius 2 is 2.00 bits per heavy atom. The minimum absolute atomic E-state index is 0.152. The lowest BCUT2D eigenvalue weighted by atomic mass is 9.68. The summed E-state index contributed by atoms with van der Waals surface area (Å²) in [6.45, 7) is 7.40. The molecule has 0 radical (unpaired) electrons. The standard InChI is InChI=1S/C15H26BrN3O/c1-5-20-15(8-6-14(2,3)7-9-15)13(17)12-11(16)10-18-19(12)4/h10,13H,5-9,17H2,1-4H3. The summed E-state index contributed by atoms with van der Waals surface area (Å²) in [5.74, 6) is 0. The minimum atomic E-state index is -0.263. The van der Waals surface area contributed by atoms with Crippen LogP contribution in [0.1, 0.15) is 58.2 Å². The maximum Gasteiger partial charge on any atom is 0.0890 e. The number of hydrogen-bond acceptors (Lipinski definition) is 3. The van der Waals surface area contributed by atoms with Gasteiger partial charge in [0.2, 0.25) is 0 Å². The topological polar surface area (TPSA) is 53.1 Å². The lowest BCUT2D eigenvalue weighted by Gasteiger charge is -2.46. The predicted molar refractivity (Wildman–Crippen MR) is 84.4 cm³/mol. The maximum atomic E-state index is 6.61. The molecule has 1 aliphatic rings. The van der Waals surface area contributed by atoms with Gasteiger partial charge in [0.25, 0.3) is 0 Å². The number of nitrogens with zero attached hydrogens (tertiary/aromatic N) is 2. The summed E-state index contributed by atoms with van der Waals surface area (Å²) in [6.07, 6.45) is 6.12. The van der Waals surface area contributed by atoms with E-state index in [0.717, 1.165) is 35.8 Å². The highest BCUT2D eigenvalue weighted by molar-refractivity contribution is 9.10. The number of ether oxygens (including phenoxy) is 1. The van der Waals surface area contributed by atoms with Crippen molar-refractivity contribution in [3.63, 3.8) is 0 Å². The van der Waals surface area contributed by atoms with Crippen molar-refractivity contribution in [2.24, 2.45) is 18.2 Å². The zero-order chi connectivity index (χ0) is 15.0. The van der Waals surface area contributed by atoms with Gasteiger partial charge in [0.1, 0.15) is 0 Å². The van der Waals surface area contributed by atoms with Gasteiger partial charge in [0.15, 0.2) is 0 Å². The van der Waals surface area contributed by atoms with Crippen molar-refractivity contribution in [2.75, 3.05) is 6.61 Å². The van der Waals surface area contributed by atoms with Gasteiger partial charge in [-0.05, 0) is 54.0 Å². The summed E-state index contributed by atoms with van der Waals surface area (Å²) in [5.41, 5.74) is 7.77. The zero-order valence-electron chi connectivity index (χ0n) is 12.9. The highest BCUT2D eigenvalue weighted by atomic mass is 79.9. The van der Waals surface area contributed by atoms with Gasteiger partial charge in [0, 0.05) is 13.7 Å².